The molecular formula is C25H21ClN2O4. The highest BCUT2D eigenvalue weighted by Crippen LogP contribution is 2.24. The van der Waals surface area contributed by atoms with Crippen molar-refractivity contribution in [2.75, 3.05) is 0 Å². The summed E-state index contributed by atoms with van der Waals surface area (Å²) in [5.41, 5.74) is 0.182. The number of ether oxygens (including phenoxy) is 2. The Morgan fingerprint density at radius 3 is 2.44 bits per heavy atom. The molecule has 4 rings (SSSR count). The molecule has 32 heavy (non-hydrogen) atoms. The highest BCUT2D eigenvalue weighted by molar-refractivity contribution is 6.30. The van der Waals surface area contributed by atoms with E-state index in [0.717, 1.165) is 16.6 Å². The van der Waals surface area contributed by atoms with Gasteiger partial charge >= 0.3 is 5.97 Å². The monoisotopic (exact) mass is 448 g/mol. The van der Waals surface area contributed by atoms with Crippen molar-refractivity contribution in [2.24, 2.45) is 0 Å². The average Bonchev–Trinajstić information content (AvgIpc) is 2.78. The molecule has 1 heterocycles. The van der Waals surface area contributed by atoms with E-state index >= 15 is 0 Å². The zero-order chi connectivity index (χ0) is 22.7. The van der Waals surface area contributed by atoms with Gasteiger partial charge in [-0.15, -0.1) is 0 Å². The van der Waals surface area contributed by atoms with Gasteiger partial charge in [-0.2, -0.15) is 5.10 Å². The third-order valence-corrected chi connectivity index (χ3v) is 5.19. The fraction of sp³-hybridized carbons (Fsp3) is 0.160. The van der Waals surface area contributed by atoms with E-state index in [4.69, 9.17) is 21.1 Å². The number of halogens is 1. The van der Waals surface area contributed by atoms with Gasteiger partial charge in [-0.1, -0.05) is 41.9 Å². The van der Waals surface area contributed by atoms with Crippen LogP contribution in [-0.4, -0.2) is 21.8 Å². The van der Waals surface area contributed by atoms with E-state index in [2.05, 4.69) is 10.2 Å². The number of hydrogen-bond acceptors (Lipinski definition) is 5. The zero-order valence-electron chi connectivity index (χ0n) is 17.6. The van der Waals surface area contributed by atoms with Crippen molar-refractivity contribution in [3.63, 3.8) is 0 Å². The van der Waals surface area contributed by atoms with Gasteiger partial charge in [0.25, 0.3) is 5.56 Å². The molecule has 0 aliphatic heterocycles. The summed E-state index contributed by atoms with van der Waals surface area (Å²) in [5.74, 6) is 0.382. The fourth-order valence-electron chi connectivity index (χ4n) is 3.29. The molecule has 0 saturated carbocycles. The van der Waals surface area contributed by atoms with Crippen LogP contribution in [0.4, 0.5) is 0 Å². The molecule has 7 heteroatoms. The summed E-state index contributed by atoms with van der Waals surface area (Å²) in [5, 5.41) is 8.71. The third-order valence-electron chi connectivity index (χ3n) is 4.93. The van der Waals surface area contributed by atoms with Gasteiger partial charge in [0, 0.05) is 16.8 Å². The number of nitrogens with one attached hydrogen (secondary N) is 1. The fourth-order valence-corrected chi connectivity index (χ4v) is 3.41. The molecule has 6 nitrogen and oxygen atoms in total. The quantitative estimate of drug-likeness (QED) is 0.334. The Bertz CT molecular complexity index is 1330. The third kappa shape index (κ3) is 4.81. The van der Waals surface area contributed by atoms with Crippen LogP contribution >= 0.6 is 11.6 Å². The molecule has 1 aromatic heterocycles. The largest absolute Gasteiger partial charge is 0.476 e. The second-order valence-corrected chi connectivity index (χ2v) is 8.26. The lowest BCUT2D eigenvalue weighted by molar-refractivity contribution is -0.149. The molecule has 0 spiro atoms. The Morgan fingerprint density at radius 2 is 1.69 bits per heavy atom. The van der Waals surface area contributed by atoms with Crippen molar-refractivity contribution in [1.82, 2.24) is 10.2 Å². The molecule has 0 aliphatic carbocycles. The Balaban J connectivity index is 1.51. The molecule has 0 fully saturated rings. The molecule has 0 aliphatic rings. The molecule has 0 saturated heterocycles. The van der Waals surface area contributed by atoms with E-state index < -0.39 is 11.6 Å². The van der Waals surface area contributed by atoms with Crippen LogP contribution in [0, 0.1) is 0 Å². The van der Waals surface area contributed by atoms with Crippen molar-refractivity contribution >= 4 is 28.3 Å². The predicted octanol–water partition coefficient (Wildman–Crippen LogP) is 4.93. The van der Waals surface area contributed by atoms with Crippen LogP contribution in [0.15, 0.2) is 77.6 Å². The summed E-state index contributed by atoms with van der Waals surface area (Å²) >= 11 is 5.90. The molecule has 0 amide bonds. The van der Waals surface area contributed by atoms with E-state index in [1.807, 2.05) is 24.3 Å². The Hall–Kier alpha value is -3.64. The first-order chi connectivity index (χ1) is 15.3. The van der Waals surface area contributed by atoms with Gasteiger partial charge < -0.3 is 9.47 Å². The number of aromatic nitrogens is 2. The van der Waals surface area contributed by atoms with Gasteiger partial charge in [0.1, 0.15) is 11.5 Å². The topological polar surface area (TPSA) is 81.3 Å². The van der Waals surface area contributed by atoms with Crippen molar-refractivity contribution in [1.29, 1.82) is 0 Å². The first-order valence-electron chi connectivity index (χ1n) is 10.0. The minimum absolute atomic E-state index is 0.227. The standard InChI is InChI=1S/C25H21ClN2O4/c1-25(2,32-18-12-10-17(26)11-13-18)24(30)31-19-7-5-6-16(14-19)15-22-20-8-3-4-9-21(20)23(29)28-27-22/h3-14H,15H2,1-2H3,(H,28,29). The molecular weight excluding hydrogens is 428 g/mol. The number of fused-ring (bicyclic) bond motifs is 1. The number of aromatic amines is 1. The summed E-state index contributed by atoms with van der Waals surface area (Å²) in [6.45, 7) is 3.29. The number of nitrogens with zero attached hydrogens (tertiary/aromatic N) is 1. The van der Waals surface area contributed by atoms with Crippen LogP contribution in [0.5, 0.6) is 11.5 Å². The van der Waals surface area contributed by atoms with Crippen molar-refractivity contribution in [3.05, 3.63) is 99.4 Å². The first-order valence-corrected chi connectivity index (χ1v) is 10.4. The van der Waals surface area contributed by atoms with Crippen LogP contribution < -0.4 is 15.0 Å². The van der Waals surface area contributed by atoms with Gasteiger partial charge in [0.15, 0.2) is 0 Å². The van der Waals surface area contributed by atoms with Crippen molar-refractivity contribution in [3.8, 4) is 11.5 Å². The van der Waals surface area contributed by atoms with Crippen LogP contribution in [0.1, 0.15) is 25.1 Å². The van der Waals surface area contributed by atoms with E-state index in [1.165, 1.54) is 0 Å². The lowest BCUT2D eigenvalue weighted by Gasteiger charge is -2.24. The minimum Gasteiger partial charge on any atom is -0.476 e. The van der Waals surface area contributed by atoms with E-state index in [-0.39, 0.29) is 5.56 Å². The van der Waals surface area contributed by atoms with E-state index in [1.54, 1.807) is 62.4 Å². The summed E-state index contributed by atoms with van der Waals surface area (Å²) in [7, 11) is 0. The van der Waals surface area contributed by atoms with Gasteiger partial charge in [-0.25, -0.2) is 9.89 Å². The second kappa shape index (κ2) is 8.85. The average molecular weight is 449 g/mol. The van der Waals surface area contributed by atoms with Gasteiger partial charge in [-0.3, -0.25) is 4.79 Å². The van der Waals surface area contributed by atoms with E-state index in [0.29, 0.717) is 28.3 Å². The molecule has 3 aromatic carbocycles. The smallest absolute Gasteiger partial charge is 0.355 e. The summed E-state index contributed by atoms with van der Waals surface area (Å²) in [6, 6.07) is 21.3. The number of carbonyl (C=O) groups excluding carboxylic acids is 1. The maximum absolute atomic E-state index is 12.8. The summed E-state index contributed by atoms with van der Waals surface area (Å²) in [6.07, 6.45) is 0.466. The molecule has 1 N–H and O–H groups in total. The normalized spacial score (nSPS) is 11.3. The maximum atomic E-state index is 12.8. The lowest BCUT2D eigenvalue weighted by atomic mass is 10.0. The van der Waals surface area contributed by atoms with Gasteiger partial charge in [0.2, 0.25) is 5.60 Å². The van der Waals surface area contributed by atoms with E-state index in [9.17, 15) is 9.59 Å². The molecule has 0 unspecified atom stereocenters. The molecule has 0 radical (unpaired) electrons. The molecule has 4 aromatic rings. The Kier molecular flexibility index (Phi) is 5.97. The van der Waals surface area contributed by atoms with Crippen molar-refractivity contribution < 1.29 is 14.3 Å². The SMILES string of the molecule is CC(C)(Oc1ccc(Cl)cc1)C(=O)Oc1cccc(Cc2n[nH]c(=O)c3ccccc23)c1. The Morgan fingerprint density at radius 1 is 0.969 bits per heavy atom. The zero-order valence-corrected chi connectivity index (χ0v) is 18.3. The molecule has 0 atom stereocenters. The van der Waals surface area contributed by atoms with Gasteiger partial charge in [-0.05, 0) is 61.9 Å². The van der Waals surface area contributed by atoms with Crippen molar-refractivity contribution in [2.45, 2.75) is 25.9 Å². The lowest BCUT2D eigenvalue weighted by Crippen LogP contribution is -2.41. The van der Waals surface area contributed by atoms with Crippen LogP contribution in [0.3, 0.4) is 0 Å². The number of esters is 1. The number of hydrogen-bond donors (Lipinski definition) is 1. The predicted molar refractivity (Wildman–Crippen MR) is 123 cm³/mol. The number of H-pyrrole nitrogens is 1. The minimum atomic E-state index is -1.21. The molecule has 162 valence electrons. The first kappa shape index (κ1) is 21.6. The number of rotatable bonds is 6. The summed E-state index contributed by atoms with van der Waals surface area (Å²) in [4.78, 5) is 24.8. The van der Waals surface area contributed by atoms with Crippen LogP contribution in [0.2, 0.25) is 5.02 Å². The Labute approximate surface area is 189 Å². The van der Waals surface area contributed by atoms with Crippen LogP contribution in [-0.2, 0) is 11.2 Å². The number of carbonyl (C=O) groups is 1. The van der Waals surface area contributed by atoms with Gasteiger partial charge in [0.05, 0.1) is 11.1 Å². The highest BCUT2D eigenvalue weighted by Gasteiger charge is 2.32. The van der Waals surface area contributed by atoms with Crippen LogP contribution in [0.25, 0.3) is 10.8 Å². The second-order valence-electron chi connectivity index (χ2n) is 7.83. The summed E-state index contributed by atoms with van der Waals surface area (Å²) < 4.78 is 11.4. The number of benzene rings is 3. The molecule has 0 bridgehead atoms. The maximum Gasteiger partial charge on any atom is 0.355 e. The highest BCUT2D eigenvalue weighted by atomic mass is 35.5.